The molecule has 0 saturated carbocycles. The molecule has 0 aromatic carbocycles. The SMILES string of the molecule is CN=C(NCCc1ccc(Cl)nc1)NCCc1ccccn1.I. The van der Waals surface area contributed by atoms with Crippen LogP contribution in [0.25, 0.3) is 0 Å². The summed E-state index contributed by atoms with van der Waals surface area (Å²) in [6, 6.07) is 9.72. The zero-order chi connectivity index (χ0) is 15.6. The lowest BCUT2D eigenvalue weighted by atomic mass is 10.2. The third-order valence-electron chi connectivity index (χ3n) is 3.12. The molecule has 0 saturated heterocycles. The van der Waals surface area contributed by atoms with Gasteiger partial charge < -0.3 is 10.6 Å². The molecule has 0 spiro atoms. The van der Waals surface area contributed by atoms with Crippen LogP contribution in [0.1, 0.15) is 11.3 Å². The van der Waals surface area contributed by atoms with Gasteiger partial charge in [-0.15, -0.1) is 24.0 Å². The molecule has 2 rings (SSSR count). The van der Waals surface area contributed by atoms with Gasteiger partial charge in [0.25, 0.3) is 0 Å². The van der Waals surface area contributed by atoms with E-state index in [1.165, 1.54) is 0 Å². The average Bonchev–Trinajstić information content (AvgIpc) is 2.56. The Kier molecular flexibility index (Phi) is 9.54. The second-order valence-electron chi connectivity index (χ2n) is 4.74. The van der Waals surface area contributed by atoms with Crippen LogP contribution in [-0.2, 0) is 12.8 Å². The van der Waals surface area contributed by atoms with E-state index in [0.717, 1.165) is 43.1 Å². The maximum Gasteiger partial charge on any atom is 0.190 e. The highest BCUT2D eigenvalue weighted by Gasteiger charge is 1.99. The van der Waals surface area contributed by atoms with Gasteiger partial charge in [0.15, 0.2) is 5.96 Å². The molecule has 0 atom stereocenters. The highest BCUT2D eigenvalue weighted by Crippen LogP contribution is 2.05. The molecule has 7 heteroatoms. The third-order valence-corrected chi connectivity index (χ3v) is 3.34. The molecule has 0 aliphatic heterocycles. The first-order chi connectivity index (χ1) is 10.8. The van der Waals surface area contributed by atoms with Crippen molar-refractivity contribution in [1.82, 2.24) is 20.6 Å². The van der Waals surface area contributed by atoms with Gasteiger partial charge in [-0.3, -0.25) is 9.98 Å². The fraction of sp³-hybridized carbons (Fsp3) is 0.312. The number of nitrogens with zero attached hydrogens (tertiary/aromatic N) is 3. The molecule has 0 aliphatic carbocycles. The summed E-state index contributed by atoms with van der Waals surface area (Å²) in [6.07, 6.45) is 5.33. The van der Waals surface area contributed by atoms with Crippen LogP contribution in [0, 0.1) is 0 Å². The standard InChI is InChI=1S/C16H20ClN5.HI/c1-18-16(21-11-8-14-4-2-3-9-19-14)20-10-7-13-5-6-15(17)22-12-13;/h2-6,9,12H,7-8,10-11H2,1H3,(H2,18,20,21);1H. The van der Waals surface area contributed by atoms with Gasteiger partial charge in [0.2, 0.25) is 0 Å². The van der Waals surface area contributed by atoms with Gasteiger partial charge in [-0.2, -0.15) is 0 Å². The molecule has 2 aromatic rings. The zero-order valence-corrected chi connectivity index (χ0v) is 16.1. The molecule has 0 unspecified atom stereocenters. The van der Waals surface area contributed by atoms with E-state index in [1.54, 1.807) is 19.3 Å². The fourth-order valence-electron chi connectivity index (χ4n) is 1.96. The Bertz CT molecular complexity index is 589. The molecule has 0 fully saturated rings. The number of aliphatic imine (C=N–C) groups is 1. The Morgan fingerprint density at radius 3 is 2.48 bits per heavy atom. The second kappa shape index (κ2) is 11.2. The first-order valence-corrected chi connectivity index (χ1v) is 7.60. The first-order valence-electron chi connectivity index (χ1n) is 7.23. The molecular weight excluding hydrogens is 425 g/mol. The molecule has 0 bridgehead atoms. The summed E-state index contributed by atoms with van der Waals surface area (Å²) < 4.78 is 0. The number of halogens is 2. The van der Waals surface area contributed by atoms with Crippen molar-refractivity contribution in [3.8, 4) is 0 Å². The predicted molar refractivity (Wildman–Crippen MR) is 106 cm³/mol. The Hall–Kier alpha value is -1.41. The minimum absolute atomic E-state index is 0. The van der Waals surface area contributed by atoms with Gasteiger partial charge in [0.1, 0.15) is 5.15 Å². The minimum Gasteiger partial charge on any atom is -0.356 e. The molecule has 0 amide bonds. The number of hydrogen-bond acceptors (Lipinski definition) is 3. The number of guanidine groups is 1. The number of nitrogens with one attached hydrogen (secondary N) is 2. The molecule has 0 aliphatic rings. The molecule has 2 N–H and O–H groups in total. The lowest BCUT2D eigenvalue weighted by Gasteiger charge is -2.11. The summed E-state index contributed by atoms with van der Waals surface area (Å²) in [6.45, 7) is 1.58. The predicted octanol–water partition coefficient (Wildman–Crippen LogP) is 2.70. The van der Waals surface area contributed by atoms with E-state index in [4.69, 9.17) is 11.6 Å². The van der Waals surface area contributed by atoms with E-state index in [-0.39, 0.29) is 24.0 Å². The van der Waals surface area contributed by atoms with Gasteiger partial charge in [0, 0.05) is 44.6 Å². The summed E-state index contributed by atoms with van der Waals surface area (Å²) in [7, 11) is 1.76. The van der Waals surface area contributed by atoms with Crippen molar-refractivity contribution in [2.45, 2.75) is 12.8 Å². The van der Waals surface area contributed by atoms with E-state index in [0.29, 0.717) is 5.15 Å². The van der Waals surface area contributed by atoms with Crippen LogP contribution in [0.2, 0.25) is 5.15 Å². The Morgan fingerprint density at radius 1 is 1.09 bits per heavy atom. The van der Waals surface area contributed by atoms with Crippen molar-refractivity contribution >= 4 is 41.5 Å². The molecule has 5 nitrogen and oxygen atoms in total. The molecule has 23 heavy (non-hydrogen) atoms. The van der Waals surface area contributed by atoms with Crippen LogP contribution in [0.15, 0.2) is 47.7 Å². The largest absolute Gasteiger partial charge is 0.356 e. The average molecular weight is 446 g/mol. The first kappa shape index (κ1) is 19.6. The summed E-state index contributed by atoms with van der Waals surface area (Å²) in [5.41, 5.74) is 2.21. The van der Waals surface area contributed by atoms with Crippen molar-refractivity contribution < 1.29 is 0 Å². The van der Waals surface area contributed by atoms with Crippen LogP contribution < -0.4 is 10.6 Å². The zero-order valence-electron chi connectivity index (χ0n) is 13.0. The molecule has 124 valence electrons. The number of rotatable bonds is 6. The van der Waals surface area contributed by atoms with Crippen LogP contribution in [0.5, 0.6) is 0 Å². The van der Waals surface area contributed by atoms with Crippen molar-refractivity contribution in [3.63, 3.8) is 0 Å². The Morgan fingerprint density at radius 2 is 1.87 bits per heavy atom. The smallest absolute Gasteiger partial charge is 0.190 e. The maximum atomic E-state index is 5.77. The Labute approximate surface area is 159 Å². The molecule has 2 aromatic heterocycles. The van der Waals surface area contributed by atoms with Crippen molar-refractivity contribution in [1.29, 1.82) is 0 Å². The van der Waals surface area contributed by atoms with E-state index in [2.05, 4.69) is 25.6 Å². The normalized spacial score (nSPS) is 10.8. The summed E-state index contributed by atoms with van der Waals surface area (Å²) >= 11 is 5.77. The summed E-state index contributed by atoms with van der Waals surface area (Å²) in [5, 5.41) is 7.07. The second-order valence-corrected chi connectivity index (χ2v) is 5.12. The van der Waals surface area contributed by atoms with E-state index in [1.807, 2.05) is 30.5 Å². The number of hydrogen-bond donors (Lipinski definition) is 2. The van der Waals surface area contributed by atoms with Gasteiger partial charge in [-0.25, -0.2) is 4.98 Å². The monoisotopic (exact) mass is 445 g/mol. The molecule has 2 heterocycles. The van der Waals surface area contributed by atoms with Crippen molar-refractivity contribution in [2.24, 2.45) is 4.99 Å². The van der Waals surface area contributed by atoms with Crippen molar-refractivity contribution in [3.05, 3.63) is 59.1 Å². The molecular formula is C16H21ClIN5. The van der Waals surface area contributed by atoms with E-state index < -0.39 is 0 Å². The van der Waals surface area contributed by atoms with Gasteiger partial charge in [-0.05, 0) is 30.2 Å². The summed E-state index contributed by atoms with van der Waals surface area (Å²) in [5.74, 6) is 0.790. The van der Waals surface area contributed by atoms with Crippen LogP contribution in [0.3, 0.4) is 0 Å². The number of aromatic nitrogens is 2. The quantitative estimate of drug-likeness (QED) is 0.311. The Balaban J connectivity index is 0.00000264. The van der Waals surface area contributed by atoms with Crippen LogP contribution >= 0.6 is 35.6 Å². The van der Waals surface area contributed by atoms with Crippen LogP contribution in [0.4, 0.5) is 0 Å². The van der Waals surface area contributed by atoms with Crippen LogP contribution in [-0.4, -0.2) is 36.1 Å². The maximum absolute atomic E-state index is 5.77. The van der Waals surface area contributed by atoms with E-state index >= 15 is 0 Å². The lowest BCUT2D eigenvalue weighted by Crippen LogP contribution is -2.39. The highest BCUT2D eigenvalue weighted by atomic mass is 127. The topological polar surface area (TPSA) is 62.2 Å². The third kappa shape index (κ3) is 7.60. The minimum atomic E-state index is 0. The summed E-state index contributed by atoms with van der Waals surface area (Å²) in [4.78, 5) is 12.6. The lowest BCUT2D eigenvalue weighted by molar-refractivity contribution is 0.775. The van der Waals surface area contributed by atoms with E-state index in [9.17, 15) is 0 Å². The number of pyridine rings is 2. The highest BCUT2D eigenvalue weighted by molar-refractivity contribution is 14.0. The van der Waals surface area contributed by atoms with Crippen molar-refractivity contribution in [2.75, 3.05) is 20.1 Å². The van der Waals surface area contributed by atoms with Gasteiger partial charge in [0.05, 0.1) is 0 Å². The van der Waals surface area contributed by atoms with Gasteiger partial charge >= 0.3 is 0 Å². The van der Waals surface area contributed by atoms with Gasteiger partial charge in [-0.1, -0.05) is 23.7 Å². The molecule has 0 radical (unpaired) electrons. The fourth-order valence-corrected chi connectivity index (χ4v) is 2.07.